The number of carbonyl (C=O) groups is 3. The molecular weight excluding hydrogens is 436 g/mol. The summed E-state index contributed by atoms with van der Waals surface area (Å²) in [6.07, 6.45) is 0.666. The van der Waals surface area contributed by atoms with Crippen molar-refractivity contribution in [1.82, 2.24) is 10.2 Å². The Bertz CT molecular complexity index is 1030. The minimum atomic E-state index is -0.917. The van der Waals surface area contributed by atoms with Gasteiger partial charge in [0.25, 0.3) is 0 Å². The third kappa shape index (κ3) is 5.07. The highest BCUT2D eigenvalue weighted by atomic mass is 16.5. The van der Waals surface area contributed by atoms with Crippen LogP contribution in [0.5, 0.6) is 0 Å². The van der Waals surface area contributed by atoms with E-state index in [0.29, 0.717) is 19.4 Å². The van der Waals surface area contributed by atoms with E-state index in [1.807, 2.05) is 24.3 Å². The molecule has 1 unspecified atom stereocenters. The molecule has 1 aliphatic carbocycles. The number of nitrogens with zero attached hydrogens (tertiary/aromatic N) is 1. The molecule has 0 spiro atoms. The maximum absolute atomic E-state index is 12.4. The van der Waals surface area contributed by atoms with Gasteiger partial charge >= 0.3 is 12.1 Å². The van der Waals surface area contributed by atoms with Crippen LogP contribution in [0.2, 0.25) is 0 Å². The van der Waals surface area contributed by atoms with Crippen molar-refractivity contribution in [1.29, 1.82) is 0 Å². The fourth-order valence-electron chi connectivity index (χ4n) is 4.75. The lowest BCUT2D eigenvalue weighted by Crippen LogP contribution is -2.49. The summed E-state index contributed by atoms with van der Waals surface area (Å²) in [5, 5.41) is 12.0. The van der Waals surface area contributed by atoms with Crippen LogP contribution in [0.15, 0.2) is 48.5 Å². The van der Waals surface area contributed by atoms with E-state index in [-0.39, 0.29) is 44.7 Å². The van der Waals surface area contributed by atoms with Crippen LogP contribution in [-0.4, -0.2) is 67.4 Å². The molecule has 8 nitrogen and oxygen atoms in total. The van der Waals surface area contributed by atoms with Gasteiger partial charge < -0.3 is 24.8 Å². The summed E-state index contributed by atoms with van der Waals surface area (Å²) in [6.45, 7) is 2.81. The average Bonchev–Trinajstić information content (AvgIpc) is 3.16. The molecule has 1 heterocycles. The van der Waals surface area contributed by atoms with Crippen molar-refractivity contribution >= 4 is 18.0 Å². The molecule has 0 aromatic heterocycles. The number of hydrogen-bond donors (Lipinski definition) is 2. The molecule has 2 N–H and O–H groups in total. The topological polar surface area (TPSA) is 105 Å². The van der Waals surface area contributed by atoms with Crippen LogP contribution in [-0.2, 0) is 19.1 Å². The smallest absolute Gasteiger partial charge is 0.407 e. The van der Waals surface area contributed by atoms with E-state index in [2.05, 4.69) is 29.6 Å². The normalized spacial score (nSPS) is 19.3. The standard InChI is InChI=1S/C26H30N2O6/c1-26(24(30)31)11-6-13-28(17-26)23(29)16-33-14-12-27-25(32)34-15-22-20-9-4-2-7-18(20)19-8-3-5-10-21(19)22/h2-5,7-10,22H,6,11-17H2,1H3,(H,27,32)(H,30,31). The lowest BCUT2D eigenvalue weighted by molar-refractivity contribution is -0.154. The van der Waals surface area contributed by atoms with Crippen LogP contribution >= 0.6 is 0 Å². The number of likely N-dealkylation sites (tertiary alicyclic amines) is 1. The molecule has 2 aromatic rings. The largest absolute Gasteiger partial charge is 0.481 e. The number of carbonyl (C=O) groups excluding carboxylic acids is 2. The Morgan fingerprint density at radius 3 is 2.38 bits per heavy atom. The molecule has 1 saturated heterocycles. The Balaban J connectivity index is 1.17. The number of piperidine rings is 1. The molecule has 1 aliphatic heterocycles. The lowest BCUT2D eigenvalue weighted by Gasteiger charge is -2.37. The maximum atomic E-state index is 12.4. The number of alkyl carbamates (subject to hydrolysis) is 1. The highest BCUT2D eigenvalue weighted by Gasteiger charge is 2.39. The van der Waals surface area contributed by atoms with E-state index in [4.69, 9.17) is 9.47 Å². The highest BCUT2D eigenvalue weighted by Crippen LogP contribution is 2.44. The van der Waals surface area contributed by atoms with Crippen molar-refractivity contribution in [2.24, 2.45) is 5.41 Å². The summed E-state index contributed by atoms with van der Waals surface area (Å²) >= 11 is 0. The first-order chi connectivity index (χ1) is 16.4. The third-order valence-electron chi connectivity index (χ3n) is 6.65. The molecule has 1 fully saturated rings. The number of carboxylic acids is 1. The zero-order valence-corrected chi connectivity index (χ0v) is 19.3. The average molecular weight is 467 g/mol. The van der Waals surface area contributed by atoms with Crippen LogP contribution in [0.4, 0.5) is 4.79 Å². The summed E-state index contributed by atoms with van der Waals surface area (Å²) in [7, 11) is 0. The molecular formula is C26H30N2O6. The van der Waals surface area contributed by atoms with Gasteiger partial charge in [-0.3, -0.25) is 9.59 Å². The molecule has 2 aromatic carbocycles. The lowest BCUT2D eigenvalue weighted by atomic mass is 9.82. The maximum Gasteiger partial charge on any atom is 0.407 e. The van der Waals surface area contributed by atoms with E-state index in [0.717, 1.165) is 11.1 Å². The fourth-order valence-corrected chi connectivity index (χ4v) is 4.75. The Kier molecular flexibility index (Phi) is 7.17. The molecule has 2 aliphatic rings. The fraction of sp³-hybridized carbons (Fsp3) is 0.423. The third-order valence-corrected chi connectivity index (χ3v) is 6.65. The van der Waals surface area contributed by atoms with Gasteiger partial charge in [-0.25, -0.2) is 4.79 Å². The van der Waals surface area contributed by atoms with Crippen molar-refractivity contribution in [2.75, 3.05) is 39.5 Å². The molecule has 0 saturated carbocycles. The van der Waals surface area contributed by atoms with E-state index >= 15 is 0 Å². The molecule has 4 rings (SSSR count). The van der Waals surface area contributed by atoms with Gasteiger partial charge in [0.05, 0.1) is 12.0 Å². The quantitative estimate of drug-likeness (QED) is 0.579. The van der Waals surface area contributed by atoms with E-state index in [1.165, 1.54) is 16.0 Å². The van der Waals surface area contributed by atoms with Gasteiger partial charge in [0, 0.05) is 25.6 Å². The Labute approximate surface area is 198 Å². The van der Waals surface area contributed by atoms with Gasteiger partial charge in [-0.05, 0) is 42.0 Å². The van der Waals surface area contributed by atoms with E-state index in [1.54, 1.807) is 6.92 Å². The second kappa shape index (κ2) is 10.3. The van der Waals surface area contributed by atoms with Gasteiger partial charge in [0.1, 0.15) is 13.2 Å². The van der Waals surface area contributed by atoms with Crippen LogP contribution in [0.25, 0.3) is 11.1 Å². The predicted molar refractivity (Wildman–Crippen MR) is 125 cm³/mol. The van der Waals surface area contributed by atoms with Crippen LogP contribution in [0.1, 0.15) is 36.8 Å². The van der Waals surface area contributed by atoms with Crippen LogP contribution < -0.4 is 5.32 Å². The number of carboxylic acid groups (broad SMARTS) is 1. The van der Waals surface area contributed by atoms with Crippen molar-refractivity contribution in [3.63, 3.8) is 0 Å². The first-order valence-corrected chi connectivity index (χ1v) is 11.6. The van der Waals surface area contributed by atoms with Crippen LogP contribution in [0.3, 0.4) is 0 Å². The van der Waals surface area contributed by atoms with E-state index < -0.39 is 17.5 Å². The van der Waals surface area contributed by atoms with Gasteiger partial charge in [-0.15, -0.1) is 0 Å². The minimum absolute atomic E-state index is 0.00643. The zero-order valence-electron chi connectivity index (χ0n) is 19.3. The molecule has 1 atom stereocenters. The Morgan fingerprint density at radius 2 is 1.74 bits per heavy atom. The molecule has 34 heavy (non-hydrogen) atoms. The van der Waals surface area contributed by atoms with Crippen molar-refractivity contribution in [3.8, 4) is 11.1 Å². The molecule has 180 valence electrons. The number of ether oxygens (including phenoxy) is 2. The summed E-state index contributed by atoms with van der Waals surface area (Å²) < 4.78 is 10.9. The first kappa shape index (κ1) is 23.8. The predicted octanol–water partition coefficient (Wildman–Crippen LogP) is 3.26. The van der Waals surface area contributed by atoms with Crippen molar-refractivity contribution < 1.29 is 29.0 Å². The number of fused-ring (bicyclic) bond motifs is 3. The molecule has 0 bridgehead atoms. The minimum Gasteiger partial charge on any atom is -0.481 e. The number of hydrogen-bond acceptors (Lipinski definition) is 5. The Morgan fingerprint density at radius 1 is 1.09 bits per heavy atom. The summed E-state index contributed by atoms with van der Waals surface area (Å²) in [5.41, 5.74) is 3.72. The highest BCUT2D eigenvalue weighted by molar-refractivity contribution is 5.80. The van der Waals surface area contributed by atoms with Gasteiger partial charge in [-0.2, -0.15) is 0 Å². The monoisotopic (exact) mass is 466 g/mol. The number of amides is 2. The molecule has 2 amide bonds. The summed E-state index contributed by atoms with van der Waals surface area (Å²) in [6, 6.07) is 16.3. The molecule has 0 radical (unpaired) electrons. The van der Waals surface area contributed by atoms with Crippen molar-refractivity contribution in [3.05, 3.63) is 59.7 Å². The summed E-state index contributed by atoms with van der Waals surface area (Å²) in [5.74, 6) is -1.14. The first-order valence-electron chi connectivity index (χ1n) is 11.6. The zero-order chi connectivity index (χ0) is 24.1. The second-order valence-corrected chi connectivity index (χ2v) is 9.09. The summed E-state index contributed by atoms with van der Waals surface area (Å²) in [4.78, 5) is 37.5. The SMILES string of the molecule is CC1(C(=O)O)CCCN(C(=O)COCCNC(=O)OCC2c3ccccc3-c3ccccc32)C1. The second-order valence-electron chi connectivity index (χ2n) is 9.09. The van der Waals surface area contributed by atoms with Gasteiger partial charge in [0.2, 0.25) is 5.91 Å². The number of aliphatic carboxylic acids is 1. The molecule has 8 heteroatoms. The Hall–Kier alpha value is -3.39. The number of rotatable bonds is 8. The van der Waals surface area contributed by atoms with Gasteiger partial charge in [-0.1, -0.05) is 48.5 Å². The van der Waals surface area contributed by atoms with Gasteiger partial charge in [0.15, 0.2) is 0 Å². The van der Waals surface area contributed by atoms with Crippen molar-refractivity contribution in [2.45, 2.75) is 25.7 Å². The number of nitrogens with one attached hydrogen (secondary N) is 1. The number of benzene rings is 2. The van der Waals surface area contributed by atoms with E-state index in [9.17, 15) is 19.5 Å². The van der Waals surface area contributed by atoms with Crippen LogP contribution in [0, 0.1) is 5.41 Å².